The van der Waals surface area contributed by atoms with Gasteiger partial charge in [-0.15, -0.1) is 0 Å². The van der Waals surface area contributed by atoms with E-state index in [1.54, 1.807) is 32.4 Å². The van der Waals surface area contributed by atoms with Crippen molar-refractivity contribution in [2.45, 2.75) is 13.5 Å². The van der Waals surface area contributed by atoms with Crippen molar-refractivity contribution in [3.8, 4) is 5.88 Å². The Balaban J connectivity index is 1.99. The molecule has 0 atom stereocenters. The van der Waals surface area contributed by atoms with Crippen LogP contribution >= 0.6 is 0 Å². The van der Waals surface area contributed by atoms with Gasteiger partial charge in [-0.3, -0.25) is 4.79 Å². The number of methoxy groups -OCH3 is 1. The number of carbonyl (C=O) groups is 1. The van der Waals surface area contributed by atoms with E-state index in [0.29, 0.717) is 23.7 Å². The molecule has 2 rings (SSSR count). The molecular formula is C13H14N2O3. The zero-order valence-electron chi connectivity index (χ0n) is 10.3. The molecule has 5 nitrogen and oxygen atoms in total. The minimum Gasteiger partial charge on any atom is -0.481 e. The van der Waals surface area contributed by atoms with E-state index in [4.69, 9.17) is 9.15 Å². The molecule has 0 bridgehead atoms. The monoisotopic (exact) mass is 246 g/mol. The molecule has 94 valence electrons. The number of nitrogens with one attached hydrogen (secondary N) is 1. The summed E-state index contributed by atoms with van der Waals surface area (Å²) in [5.41, 5.74) is 1.48. The molecule has 2 aromatic heterocycles. The number of hydrogen-bond donors (Lipinski definition) is 1. The van der Waals surface area contributed by atoms with Gasteiger partial charge in [0.1, 0.15) is 5.76 Å². The van der Waals surface area contributed by atoms with Gasteiger partial charge in [0.2, 0.25) is 5.88 Å². The van der Waals surface area contributed by atoms with E-state index < -0.39 is 0 Å². The van der Waals surface area contributed by atoms with Crippen molar-refractivity contribution in [2.24, 2.45) is 0 Å². The van der Waals surface area contributed by atoms with E-state index in [0.717, 1.165) is 5.56 Å². The summed E-state index contributed by atoms with van der Waals surface area (Å²) < 4.78 is 10.1. The van der Waals surface area contributed by atoms with Crippen molar-refractivity contribution in [1.82, 2.24) is 10.3 Å². The van der Waals surface area contributed by atoms with Gasteiger partial charge in [0.15, 0.2) is 0 Å². The van der Waals surface area contributed by atoms with Crippen LogP contribution in [0.25, 0.3) is 0 Å². The predicted molar refractivity (Wildman–Crippen MR) is 65.4 cm³/mol. The molecule has 0 aliphatic heterocycles. The number of hydrogen-bond acceptors (Lipinski definition) is 4. The van der Waals surface area contributed by atoms with Crippen LogP contribution in [0, 0.1) is 6.92 Å². The maximum atomic E-state index is 11.8. The first-order valence-corrected chi connectivity index (χ1v) is 5.52. The van der Waals surface area contributed by atoms with Crippen LogP contribution < -0.4 is 10.1 Å². The lowest BCUT2D eigenvalue weighted by molar-refractivity contribution is 0.0949. The molecule has 0 aliphatic carbocycles. The average molecular weight is 246 g/mol. The number of furan rings is 1. The Morgan fingerprint density at radius 3 is 3.00 bits per heavy atom. The summed E-state index contributed by atoms with van der Waals surface area (Å²) in [7, 11) is 1.56. The highest BCUT2D eigenvalue weighted by Gasteiger charge is 2.10. The molecule has 1 amide bonds. The van der Waals surface area contributed by atoms with Crippen molar-refractivity contribution in [3.63, 3.8) is 0 Å². The van der Waals surface area contributed by atoms with Crippen molar-refractivity contribution < 1.29 is 13.9 Å². The van der Waals surface area contributed by atoms with E-state index in [9.17, 15) is 4.79 Å². The second-order valence-corrected chi connectivity index (χ2v) is 3.78. The average Bonchev–Trinajstić information content (AvgIpc) is 2.82. The molecule has 1 N–H and O–H groups in total. The van der Waals surface area contributed by atoms with Crippen LogP contribution in [0.15, 0.2) is 35.1 Å². The normalized spacial score (nSPS) is 10.1. The lowest BCUT2D eigenvalue weighted by atomic mass is 10.2. The van der Waals surface area contributed by atoms with Crippen LogP contribution in [0.1, 0.15) is 21.7 Å². The van der Waals surface area contributed by atoms with Gasteiger partial charge < -0.3 is 14.5 Å². The minimum atomic E-state index is -0.156. The van der Waals surface area contributed by atoms with Crippen LogP contribution in [-0.4, -0.2) is 18.0 Å². The fraction of sp³-hybridized carbons (Fsp3) is 0.231. The number of carbonyl (C=O) groups excluding carboxylic acids is 1. The highest BCUT2D eigenvalue weighted by molar-refractivity contribution is 5.94. The SMILES string of the molecule is COc1cc(CNC(=O)c2ccoc2C)ccn1. The second kappa shape index (κ2) is 5.35. The summed E-state index contributed by atoms with van der Waals surface area (Å²) in [6, 6.07) is 5.26. The van der Waals surface area contributed by atoms with Crippen molar-refractivity contribution in [3.05, 3.63) is 47.5 Å². The third-order valence-electron chi connectivity index (χ3n) is 2.56. The molecule has 5 heteroatoms. The first kappa shape index (κ1) is 12.2. The van der Waals surface area contributed by atoms with Crippen LogP contribution in [0.2, 0.25) is 0 Å². The topological polar surface area (TPSA) is 64.4 Å². The van der Waals surface area contributed by atoms with Crippen molar-refractivity contribution >= 4 is 5.91 Å². The maximum Gasteiger partial charge on any atom is 0.255 e. The standard InChI is InChI=1S/C13H14N2O3/c1-9-11(4-6-18-9)13(16)15-8-10-3-5-14-12(7-10)17-2/h3-7H,8H2,1-2H3,(H,15,16). The van der Waals surface area contributed by atoms with E-state index in [1.807, 2.05) is 6.07 Å². The third kappa shape index (κ3) is 2.68. The first-order chi connectivity index (χ1) is 8.70. The quantitative estimate of drug-likeness (QED) is 0.895. The smallest absolute Gasteiger partial charge is 0.255 e. The molecule has 0 aromatic carbocycles. The Morgan fingerprint density at radius 2 is 2.33 bits per heavy atom. The molecule has 0 radical (unpaired) electrons. The summed E-state index contributed by atoms with van der Waals surface area (Å²) in [5.74, 6) is 0.984. The van der Waals surface area contributed by atoms with Gasteiger partial charge in [0, 0.05) is 18.8 Å². The molecule has 0 saturated carbocycles. The Hall–Kier alpha value is -2.30. The Bertz CT molecular complexity index is 549. The number of pyridine rings is 1. The van der Waals surface area contributed by atoms with Gasteiger partial charge in [-0.25, -0.2) is 4.98 Å². The molecule has 2 heterocycles. The minimum absolute atomic E-state index is 0.156. The molecule has 0 spiro atoms. The number of nitrogens with zero attached hydrogens (tertiary/aromatic N) is 1. The van der Waals surface area contributed by atoms with E-state index >= 15 is 0 Å². The Kier molecular flexibility index (Phi) is 3.62. The van der Waals surface area contributed by atoms with Crippen LogP contribution in [0.4, 0.5) is 0 Å². The highest BCUT2D eigenvalue weighted by Crippen LogP contribution is 2.10. The fourth-order valence-electron chi connectivity index (χ4n) is 1.57. The van der Waals surface area contributed by atoms with Gasteiger partial charge in [-0.2, -0.15) is 0 Å². The van der Waals surface area contributed by atoms with Gasteiger partial charge in [0.05, 0.1) is 18.9 Å². The van der Waals surface area contributed by atoms with Crippen molar-refractivity contribution in [2.75, 3.05) is 7.11 Å². The van der Waals surface area contributed by atoms with Gasteiger partial charge >= 0.3 is 0 Å². The summed E-state index contributed by atoms with van der Waals surface area (Å²) in [4.78, 5) is 15.8. The molecule has 2 aromatic rings. The largest absolute Gasteiger partial charge is 0.481 e. The van der Waals surface area contributed by atoms with E-state index in [2.05, 4.69) is 10.3 Å². The van der Waals surface area contributed by atoms with Gasteiger partial charge in [-0.1, -0.05) is 0 Å². The highest BCUT2D eigenvalue weighted by atomic mass is 16.5. The summed E-state index contributed by atoms with van der Waals surface area (Å²) in [6.45, 7) is 2.17. The van der Waals surface area contributed by atoms with Crippen LogP contribution in [0.5, 0.6) is 5.88 Å². The third-order valence-corrected chi connectivity index (χ3v) is 2.56. The van der Waals surface area contributed by atoms with Crippen molar-refractivity contribution in [1.29, 1.82) is 0 Å². The fourth-order valence-corrected chi connectivity index (χ4v) is 1.57. The Labute approximate surface area is 105 Å². The number of amides is 1. The molecule has 0 aliphatic rings. The first-order valence-electron chi connectivity index (χ1n) is 5.52. The predicted octanol–water partition coefficient (Wildman–Crippen LogP) is 1.92. The zero-order chi connectivity index (χ0) is 13.0. The molecule has 0 unspecified atom stereocenters. The number of ether oxygens (including phenoxy) is 1. The van der Waals surface area contributed by atoms with Crippen LogP contribution in [0.3, 0.4) is 0 Å². The number of rotatable bonds is 4. The number of aryl methyl sites for hydroxylation is 1. The molecular weight excluding hydrogens is 232 g/mol. The second-order valence-electron chi connectivity index (χ2n) is 3.78. The maximum absolute atomic E-state index is 11.8. The Morgan fingerprint density at radius 1 is 1.50 bits per heavy atom. The summed E-state index contributed by atoms with van der Waals surface area (Å²) >= 11 is 0. The molecule has 0 fully saturated rings. The van der Waals surface area contributed by atoms with Crippen LogP contribution in [-0.2, 0) is 6.54 Å². The lowest BCUT2D eigenvalue weighted by Gasteiger charge is -2.05. The van der Waals surface area contributed by atoms with Gasteiger partial charge in [0.25, 0.3) is 5.91 Å². The van der Waals surface area contributed by atoms with Gasteiger partial charge in [-0.05, 0) is 24.6 Å². The van der Waals surface area contributed by atoms with E-state index in [1.165, 1.54) is 6.26 Å². The summed E-state index contributed by atoms with van der Waals surface area (Å²) in [6.07, 6.45) is 3.14. The molecule has 0 saturated heterocycles. The lowest BCUT2D eigenvalue weighted by Crippen LogP contribution is -2.22. The zero-order valence-corrected chi connectivity index (χ0v) is 10.3. The molecule has 18 heavy (non-hydrogen) atoms. The van der Waals surface area contributed by atoms with E-state index in [-0.39, 0.29) is 5.91 Å². The summed E-state index contributed by atoms with van der Waals surface area (Å²) in [5, 5.41) is 2.81. The number of aromatic nitrogens is 1.